The second kappa shape index (κ2) is 16.0. The molecule has 9 N–H and O–H groups in total. The lowest BCUT2D eigenvalue weighted by molar-refractivity contribution is -0.142. The Labute approximate surface area is 238 Å². The zero-order valence-electron chi connectivity index (χ0n) is 23.2. The van der Waals surface area contributed by atoms with Gasteiger partial charge in [0.05, 0.1) is 6.04 Å². The highest BCUT2D eigenvalue weighted by atomic mass is 16.4. The predicted molar refractivity (Wildman–Crippen MR) is 151 cm³/mol. The van der Waals surface area contributed by atoms with Crippen LogP contribution in [0.25, 0.3) is 0 Å². The van der Waals surface area contributed by atoms with Crippen molar-refractivity contribution in [1.82, 2.24) is 16.0 Å². The highest BCUT2D eigenvalue weighted by Crippen LogP contribution is 2.13. The summed E-state index contributed by atoms with van der Waals surface area (Å²) in [5, 5.41) is 26.8. The Hall–Kier alpha value is -4.45. The molecule has 0 radical (unpaired) electrons. The Kier molecular flexibility index (Phi) is 12.8. The Morgan fingerprint density at radius 2 is 1.29 bits per heavy atom. The van der Waals surface area contributed by atoms with Crippen LogP contribution in [0.5, 0.6) is 5.75 Å². The Bertz CT molecular complexity index is 1190. The topological polar surface area (TPSA) is 214 Å². The fourth-order valence-electron chi connectivity index (χ4n) is 4.01. The number of benzene rings is 2. The number of amides is 4. The van der Waals surface area contributed by atoms with E-state index < -0.39 is 53.8 Å². The molecule has 0 spiro atoms. The van der Waals surface area contributed by atoms with Crippen LogP contribution in [0.15, 0.2) is 54.6 Å². The van der Waals surface area contributed by atoms with Gasteiger partial charge in [-0.25, -0.2) is 4.79 Å². The summed E-state index contributed by atoms with van der Waals surface area (Å²) in [7, 11) is 0. The Balaban J connectivity index is 2.25. The van der Waals surface area contributed by atoms with Gasteiger partial charge in [0.25, 0.3) is 0 Å². The molecule has 0 heterocycles. The van der Waals surface area contributed by atoms with Crippen LogP contribution in [0.3, 0.4) is 0 Å². The van der Waals surface area contributed by atoms with Gasteiger partial charge in [-0.15, -0.1) is 0 Å². The number of aromatic hydroxyl groups is 1. The predicted octanol–water partition coefficient (Wildman–Crippen LogP) is 0.355. The molecule has 2 aromatic carbocycles. The lowest BCUT2D eigenvalue weighted by atomic mass is 9.98. The number of nitrogens with two attached hydrogens (primary N) is 2. The van der Waals surface area contributed by atoms with Crippen molar-refractivity contribution in [2.45, 2.75) is 70.1 Å². The average Bonchev–Trinajstić information content (AvgIpc) is 2.94. The van der Waals surface area contributed by atoms with Crippen LogP contribution in [0.2, 0.25) is 0 Å². The number of carboxylic acid groups (broad SMARTS) is 1. The molecule has 0 saturated heterocycles. The third-order valence-corrected chi connectivity index (χ3v) is 6.78. The van der Waals surface area contributed by atoms with E-state index in [2.05, 4.69) is 16.0 Å². The molecule has 222 valence electrons. The molecule has 0 aliphatic rings. The number of primary amides is 1. The standard InChI is InChI=1S/C29H39N5O7/c1-3-17(2)25(31)28(39)33-22(15-18-7-5-4-6-8-18)27(38)32-21(13-14-24(30)36)26(37)34-23(29(40)41)16-19-9-11-20(35)12-10-19/h4-12,17,21-23,25,35H,3,13-16,31H2,1-2H3,(H2,30,36)(H,32,38)(H,33,39)(H,34,37)(H,40,41). The first-order chi connectivity index (χ1) is 19.4. The Morgan fingerprint density at radius 1 is 0.780 bits per heavy atom. The summed E-state index contributed by atoms with van der Waals surface area (Å²) in [5.74, 6) is -4.27. The molecule has 5 unspecified atom stereocenters. The molecule has 12 heteroatoms. The van der Waals surface area contributed by atoms with Crippen LogP contribution in [0.1, 0.15) is 44.2 Å². The number of aliphatic carboxylic acids is 1. The van der Waals surface area contributed by atoms with Gasteiger partial charge in [-0.3, -0.25) is 19.2 Å². The molecule has 5 atom stereocenters. The molecule has 41 heavy (non-hydrogen) atoms. The summed E-state index contributed by atoms with van der Waals surface area (Å²) in [6, 6.07) is 10.1. The van der Waals surface area contributed by atoms with Gasteiger partial charge in [0.15, 0.2) is 0 Å². The Morgan fingerprint density at radius 3 is 1.85 bits per heavy atom. The zero-order chi connectivity index (χ0) is 30.5. The summed E-state index contributed by atoms with van der Waals surface area (Å²) in [6.07, 6.45) is 0.181. The van der Waals surface area contributed by atoms with Crippen LogP contribution in [-0.2, 0) is 36.8 Å². The van der Waals surface area contributed by atoms with Crippen molar-refractivity contribution < 1.29 is 34.2 Å². The van der Waals surface area contributed by atoms with E-state index in [0.29, 0.717) is 12.0 Å². The number of nitrogens with one attached hydrogen (secondary N) is 3. The number of hydrogen-bond acceptors (Lipinski definition) is 7. The number of phenols is 1. The highest BCUT2D eigenvalue weighted by Gasteiger charge is 2.31. The number of hydrogen-bond donors (Lipinski definition) is 7. The molecule has 4 amide bonds. The molecule has 0 bridgehead atoms. The van der Waals surface area contributed by atoms with Crippen molar-refractivity contribution in [2.24, 2.45) is 17.4 Å². The van der Waals surface area contributed by atoms with E-state index in [4.69, 9.17) is 11.5 Å². The molecular formula is C29H39N5O7. The largest absolute Gasteiger partial charge is 0.508 e. The summed E-state index contributed by atoms with van der Waals surface area (Å²) < 4.78 is 0. The van der Waals surface area contributed by atoms with Crippen molar-refractivity contribution >= 4 is 29.6 Å². The van der Waals surface area contributed by atoms with E-state index in [9.17, 15) is 34.2 Å². The van der Waals surface area contributed by atoms with Crippen molar-refractivity contribution in [3.63, 3.8) is 0 Å². The van der Waals surface area contributed by atoms with E-state index in [1.54, 1.807) is 30.3 Å². The quantitative estimate of drug-likeness (QED) is 0.149. The molecule has 2 rings (SSSR count). The molecule has 0 aliphatic heterocycles. The maximum atomic E-state index is 13.4. The highest BCUT2D eigenvalue weighted by molar-refractivity contribution is 5.94. The van der Waals surface area contributed by atoms with Crippen LogP contribution < -0.4 is 27.4 Å². The normalized spacial score (nSPS) is 14.5. The SMILES string of the molecule is CCC(C)C(N)C(=O)NC(Cc1ccccc1)C(=O)NC(CCC(N)=O)C(=O)NC(Cc1ccc(O)cc1)C(=O)O. The second-order valence-corrected chi connectivity index (χ2v) is 10.00. The van der Waals surface area contributed by atoms with Crippen LogP contribution in [0.4, 0.5) is 0 Å². The average molecular weight is 570 g/mol. The van der Waals surface area contributed by atoms with E-state index in [1.165, 1.54) is 24.3 Å². The molecule has 0 fully saturated rings. The first-order valence-corrected chi connectivity index (χ1v) is 13.4. The van der Waals surface area contributed by atoms with E-state index in [0.717, 1.165) is 5.56 Å². The lowest BCUT2D eigenvalue weighted by Crippen LogP contribution is -2.58. The van der Waals surface area contributed by atoms with Crippen LogP contribution >= 0.6 is 0 Å². The zero-order valence-corrected chi connectivity index (χ0v) is 23.2. The van der Waals surface area contributed by atoms with Crippen molar-refractivity contribution in [1.29, 1.82) is 0 Å². The van der Waals surface area contributed by atoms with Crippen molar-refractivity contribution in [3.8, 4) is 5.75 Å². The molecule has 0 aliphatic carbocycles. The third-order valence-electron chi connectivity index (χ3n) is 6.78. The van der Waals surface area contributed by atoms with Gasteiger partial charge in [-0.05, 0) is 35.6 Å². The fraction of sp³-hybridized carbons (Fsp3) is 0.414. The fourth-order valence-corrected chi connectivity index (χ4v) is 4.01. The first kappa shape index (κ1) is 32.8. The molecule has 2 aromatic rings. The van der Waals surface area contributed by atoms with Crippen LogP contribution in [-0.4, -0.2) is 64.0 Å². The van der Waals surface area contributed by atoms with Gasteiger partial charge < -0.3 is 37.6 Å². The smallest absolute Gasteiger partial charge is 0.326 e. The molecule has 0 aromatic heterocycles. The van der Waals surface area contributed by atoms with Gasteiger partial charge in [0.2, 0.25) is 23.6 Å². The summed E-state index contributed by atoms with van der Waals surface area (Å²) >= 11 is 0. The van der Waals surface area contributed by atoms with E-state index in [-0.39, 0.29) is 37.4 Å². The van der Waals surface area contributed by atoms with Gasteiger partial charge in [0, 0.05) is 19.3 Å². The number of carbonyl (C=O) groups excluding carboxylic acids is 4. The van der Waals surface area contributed by atoms with Crippen LogP contribution in [0, 0.1) is 5.92 Å². The third kappa shape index (κ3) is 10.9. The lowest BCUT2D eigenvalue weighted by Gasteiger charge is -2.26. The summed E-state index contributed by atoms with van der Waals surface area (Å²) in [4.78, 5) is 62.9. The second-order valence-electron chi connectivity index (χ2n) is 10.00. The molecule has 12 nitrogen and oxygen atoms in total. The molecular weight excluding hydrogens is 530 g/mol. The number of carboxylic acids is 1. The minimum Gasteiger partial charge on any atom is -0.508 e. The minimum absolute atomic E-state index is 0.00106. The maximum Gasteiger partial charge on any atom is 0.326 e. The number of phenolic OH excluding ortho intramolecular Hbond substituents is 1. The first-order valence-electron chi connectivity index (χ1n) is 13.4. The number of rotatable bonds is 16. The van der Waals surface area contributed by atoms with Crippen molar-refractivity contribution in [2.75, 3.05) is 0 Å². The van der Waals surface area contributed by atoms with Gasteiger partial charge in [-0.2, -0.15) is 0 Å². The monoisotopic (exact) mass is 569 g/mol. The maximum absolute atomic E-state index is 13.4. The van der Waals surface area contributed by atoms with Gasteiger partial charge >= 0.3 is 5.97 Å². The minimum atomic E-state index is -1.37. The van der Waals surface area contributed by atoms with E-state index >= 15 is 0 Å². The van der Waals surface area contributed by atoms with Gasteiger partial charge in [-0.1, -0.05) is 62.7 Å². The summed E-state index contributed by atoms with van der Waals surface area (Å²) in [5.41, 5.74) is 12.6. The summed E-state index contributed by atoms with van der Waals surface area (Å²) in [6.45, 7) is 3.71. The van der Waals surface area contributed by atoms with E-state index in [1.807, 2.05) is 13.8 Å². The van der Waals surface area contributed by atoms with Crippen molar-refractivity contribution in [3.05, 3.63) is 65.7 Å². The number of carbonyl (C=O) groups is 5. The van der Waals surface area contributed by atoms with Gasteiger partial charge in [0.1, 0.15) is 23.9 Å². The molecule has 0 saturated carbocycles.